The van der Waals surface area contributed by atoms with Crippen molar-refractivity contribution in [2.75, 3.05) is 13.2 Å². The van der Waals surface area contributed by atoms with Crippen LogP contribution in [0.1, 0.15) is 26.3 Å². The van der Waals surface area contributed by atoms with Crippen LogP contribution in [0.4, 0.5) is 0 Å². The lowest BCUT2D eigenvalue weighted by Gasteiger charge is -2.39. The molecule has 0 radical (unpaired) electrons. The molecule has 0 amide bonds. The van der Waals surface area contributed by atoms with Gasteiger partial charge in [0.25, 0.3) is 0 Å². The molecule has 0 saturated carbocycles. The second-order valence-electron chi connectivity index (χ2n) is 7.39. The van der Waals surface area contributed by atoms with Crippen LogP contribution in [0.25, 0.3) is 0 Å². The minimum atomic E-state index is -1.45. The Labute approximate surface area is 148 Å². The lowest BCUT2D eigenvalue weighted by Crippen LogP contribution is -2.60. The molecular weight excluding hydrogens is 326 g/mol. The van der Waals surface area contributed by atoms with Gasteiger partial charge in [0.15, 0.2) is 0 Å². The summed E-state index contributed by atoms with van der Waals surface area (Å²) >= 11 is 0. The van der Waals surface area contributed by atoms with Crippen molar-refractivity contribution in [3.8, 4) is 5.75 Å². The molecule has 2 unspecified atom stereocenters. The van der Waals surface area contributed by atoms with Crippen LogP contribution in [0.15, 0.2) is 24.3 Å². The summed E-state index contributed by atoms with van der Waals surface area (Å²) in [5.74, 6) is 0.469. The van der Waals surface area contributed by atoms with Gasteiger partial charge in [-0.25, -0.2) is 0 Å². The highest BCUT2D eigenvalue weighted by Gasteiger charge is 2.44. The molecule has 1 aromatic rings. The first-order chi connectivity index (χ1) is 11.7. The summed E-state index contributed by atoms with van der Waals surface area (Å²) in [5, 5.41) is 42.1. The Balaban J connectivity index is 1.92. The zero-order valence-corrected chi connectivity index (χ0v) is 14.9. The van der Waals surface area contributed by atoms with E-state index in [-0.39, 0.29) is 5.54 Å². The largest absolute Gasteiger partial charge is 0.462 e. The average molecular weight is 355 g/mol. The van der Waals surface area contributed by atoms with Gasteiger partial charge in [0, 0.05) is 5.54 Å². The minimum Gasteiger partial charge on any atom is -0.462 e. The summed E-state index contributed by atoms with van der Waals surface area (Å²) in [6, 6.07) is 7.36. The van der Waals surface area contributed by atoms with Crippen LogP contribution < -0.4 is 10.1 Å². The molecule has 1 aromatic carbocycles. The van der Waals surface area contributed by atoms with E-state index in [9.17, 15) is 20.4 Å². The number of aliphatic hydroxyl groups is 4. The minimum absolute atomic E-state index is 0.0756. The Morgan fingerprint density at radius 2 is 1.68 bits per heavy atom. The second-order valence-corrected chi connectivity index (χ2v) is 7.39. The van der Waals surface area contributed by atoms with Gasteiger partial charge in [-0.05, 0) is 51.4 Å². The third kappa shape index (κ3) is 5.64. The van der Waals surface area contributed by atoms with Crippen molar-refractivity contribution >= 4 is 0 Å². The summed E-state index contributed by atoms with van der Waals surface area (Å²) < 4.78 is 10.9. The van der Waals surface area contributed by atoms with Gasteiger partial charge in [0.05, 0.1) is 6.61 Å². The van der Waals surface area contributed by atoms with Gasteiger partial charge in [-0.3, -0.25) is 0 Å². The molecule has 0 bridgehead atoms. The fourth-order valence-corrected chi connectivity index (χ4v) is 2.62. The van der Waals surface area contributed by atoms with E-state index >= 15 is 0 Å². The Bertz CT molecular complexity index is 527. The van der Waals surface area contributed by atoms with E-state index in [1.165, 1.54) is 0 Å². The van der Waals surface area contributed by atoms with E-state index in [1.54, 1.807) is 12.1 Å². The van der Waals surface area contributed by atoms with Gasteiger partial charge in [-0.1, -0.05) is 12.1 Å². The number of rotatable bonds is 6. The normalized spacial score (nSPS) is 30.3. The Morgan fingerprint density at radius 1 is 1.04 bits per heavy atom. The fraction of sp³-hybridized carbons (Fsp3) is 0.667. The zero-order valence-electron chi connectivity index (χ0n) is 14.9. The maximum Gasteiger partial charge on any atom is 0.229 e. The summed E-state index contributed by atoms with van der Waals surface area (Å²) in [6.07, 6.45) is -5.52. The fourth-order valence-electron chi connectivity index (χ4n) is 2.62. The molecule has 1 aliphatic heterocycles. The topological polar surface area (TPSA) is 111 Å². The number of benzene rings is 1. The predicted octanol–water partition coefficient (Wildman–Crippen LogP) is -0.204. The summed E-state index contributed by atoms with van der Waals surface area (Å²) in [4.78, 5) is 0. The maximum absolute atomic E-state index is 9.98. The SMILES string of the molecule is CC(C)(C)NCCc1ccc(O[C@H]2OC(CO)[C@@H](O)C(O)[C@@H]2O)cc1. The quantitative estimate of drug-likeness (QED) is 0.480. The van der Waals surface area contributed by atoms with Gasteiger partial charge >= 0.3 is 0 Å². The average Bonchev–Trinajstić information content (AvgIpc) is 2.56. The molecule has 0 spiro atoms. The van der Waals surface area contributed by atoms with Gasteiger partial charge in [-0.2, -0.15) is 0 Å². The van der Waals surface area contributed by atoms with Crippen LogP contribution in [0.3, 0.4) is 0 Å². The summed E-state index contributed by atoms with van der Waals surface area (Å²) in [6.45, 7) is 6.72. The van der Waals surface area contributed by atoms with E-state index in [2.05, 4.69) is 26.1 Å². The highest BCUT2D eigenvalue weighted by Crippen LogP contribution is 2.24. The third-order valence-corrected chi connectivity index (χ3v) is 4.09. The van der Waals surface area contributed by atoms with E-state index in [4.69, 9.17) is 9.47 Å². The number of hydrogen-bond donors (Lipinski definition) is 5. The van der Waals surface area contributed by atoms with Gasteiger partial charge < -0.3 is 35.2 Å². The monoisotopic (exact) mass is 355 g/mol. The Morgan fingerprint density at radius 3 is 2.24 bits per heavy atom. The number of ether oxygens (including phenoxy) is 2. The third-order valence-electron chi connectivity index (χ3n) is 4.09. The zero-order chi connectivity index (χ0) is 18.6. The lowest BCUT2D eigenvalue weighted by atomic mass is 9.99. The molecule has 1 heterocycles. The molecule has 2 rings (SSSR count). The molecule has 1 fully saturated rings. The maximum atomic E-state index is 9.98. The van der Waals surface area contributed by atoms with Crippen LogP contribution in [-0.4, -0.2) is 69.8 Å². The standard InChI is InChI=1S/C18H29NO6/c1-18(2,3)19-9-8-11-4-6-12(7-5-11)24-17-16(23)15(22)14(21)13(10-20)25-17/h4-7,13-17,19-23H,8-10H2,1-3H3/t13?,14-,15?,16+,17+/m1/s1. The van der Waals surface area contributed by atoms with E-state index in [0.717, 1.165) is 18.5 Å². The Kier molecular flexibility index (Phi) is 6.79. The molecule has 142 valence electrons. The van der Waals surface area contributed by atoms with Crippen LogP contribution in [-0.2, 0) is 11.2 Å². The van der Waals surface area contributed by atoms with Crippen molar-refractivity contribution in [3.05, 3.63) is 29.8 Å². The van der Waals surface area contributed by atoms with Gasteiger partial charge in [-0.15, -0.1) is 0 Å². The smallest absolute Gasteiger partial charge is 0.229 e. The molecule has 5 N–H and O–H groups in total. The molecule has 0 aliphatic carbocycles. The van der Waals surface area contributed by atoms with Gasteiger partial charge in [0.2, 0.25) is 6.29 Å². The highest BCUT2D eigenvalue weighted by molar-refractivity contribution is 5.27. The number of nitrogens with one attached hydrogen (secondary N) is 1. The highest BCUT2D eigenvalue weighted by atomic mass is 16.7. The van der Waals surface area contributed by atoms with Crippen molar-refractivity contribution in [1.29, 1.82) is 0 Å². The van der Waals surface area contributed by atoms with E-state index in [1.807, 2.05) is 12.1 Å². The predicted molar refractivity (Wildman–Crippen MR) is 92.3 cm³/mol. The molecule has 0 aromatic heterocycles. The number of hydrogen-bond acceptors (Lipinski definition) is 7. The van der Waals surface area contributed by atoms with Crippen molar-refractivity contribution in [2.24, 2.45) is 0 Å². The van der Waals surface area contributed by atoms with Crippen molar-refractivity contribution in [1.82, 2.24) is 5.32 Å². The molecule has 5 atom stereocenters. The van der Waals surface area contributed by atoms with Crippen LogP contribution in [0, 0.1) is 0 Å². The molecule has 1 saturated heterocycles. The number of aliphatic hydroxyl groups excluding tert-OH is 4. The van der Waals surface area contributed by atoms with Crippen molar-refractivity contribution in [2.45, 2.75) is 63.4 Å². The van der Waals surface area contributed by atoms with Crippen LogP contribution in [0.2, 0.25) is 0 Å². The molecule has 7 heteroatoms. The van der Waals surface area contributed by atoms with Gasteiger partial charge in [0.1, 0.15) is 30.2 Å². The van der Waals surface area contributed by atoms with E-state index < -0.39 is 37.3 Å². The van der Waals surface area contributed by atoms with Crippen LogP contribution >= 0.6 is 0 Å². The van der Waals surface area contributed by atoms with Crippen molar-refractivity contribution < 1.29 is 29.9 Å². The molecule has 1 aliphatic rings. The first-order valence-electron chi connectivity index (χ1n) is 8.52. The summed E-state index contributed by atoms with van der Waals surface area (Å²) in [5.41, 5.74) is 1.21. The lowest BCUT2D eigenvalue weighted by molar-refractivity contribution is -0.277. The van der Waals surface area contributed by atoms with E-state index in [0.29, 0.717) is 5.75 Å². The first kappa shape index (κ1) is 20.1. The first-order valence-corrected chi connectivity index (χ1v) is 8.52. The Hall–Kier alpha value is -1.22. The molecular formula is C18H29NO6. The summed E-state index contributed by atoms with van der Waals surface area (Å²) in [7, 11) is 0. The van der Waals surface area contributed by atoms with Crippen molar-refractivity contribution in [3.63, 3.8) is 0 Å². The molecule has 25 heavy (non-hydrogen) atoms. The second kappa shape index (κ2) is 8.44. The van der Waals surface area contributed by atoms with Crippen LogP contribution in [0.5, 0.6) is 5.75 Å². The molecule has 7 nitrogen and oxygen atoms in total.